The molecule has 3 aromatic rings. The normalized spacial score (nSPS) is 18.4. The molecule has 1 fully saturated rings. The maximum Gasteiger partial charge on any atom is 0.306 e. The summed E-state index contributed by atoms with van der Waals surface area (Å²) in [7, 11) is 0. The van der Waals surface area contributed by atoms with Crippen LogP contribution in [0.4, 0.5) is 0 Å². The molecular weight excluding hydrogens is 378 g/mol. The first kappa shape index (κ1) is 20.3. The first-order valence-electron chi connectivity index (χ1n) is 10.5. The molecule has 2 N–H and O–H groups in total. The van der Waals surface area contributed by atoms with E-state index in [1.54, 1.807) is 0 Å². The van der Waals surface area contributed by atoms with Gasteiger partial charge in [0.2, 0.25) is 11.8 Å². The van der Waals surface area contributed by atoms with Crippen molar-refractivity contribution in [3.63, 3.8) is 0 Å². The van der Waals surface area contributed by atoms with Gasteiger partial charge in [-0.15, -0.1) is 10.2 Å². The molecule has 4 rings (SSSR count). The number of carbonyl (C=O) groups is 1. The standard InChI is InChI=1S/C24H27N3O3/c1-15(2)11-16-3-7-18(8-4-16)22-26-27-23(30-22)19-9-5-17(6-10-19)14-25-21-12-20(13-21)24(28)29/h3-10,15,20-21,25H,11-14H2,1-2H3,(H,28,29). The molecular formula is C24H27N3O3. The van der Waals surface area contributed by atoms with Gasteiger partial charge in [0.15, 0.2) is 0 Å². The molecule has 1 aliphatic rings. The van der Waals surface area contributed by atoms with E-state index in [-0.39, 0.29) is 12.0 Å². The molecule has 30 heavy (non-hydrogen) atoms. The van der Waals surface area contributed by atoms with Crippen LogP contribution in [0.2, 0.25) is 0 Å². The summed E-state index contributed by atoms with van der Waals surface area (Å²) in [5.74, 6) is 0.758. The molecule has 0 unspecified atom stereocenters. The fraction of sp³-hybridized carbons (Fsp3) is 0.375. The maximum absolute atomic E-state index is 10.9. The van der Waals surface area contributed by atoms with Crippen molar-refractivity contribution >= 4 is 5.97 Å². The molecule has 0 bridgehead atoms. The number of nitrogens with one attached hydrogen (secondary N) is 1. The first-order valence-corrected chi connectivity index (χ1v) is 10.5. The molecule has 0 spiro atoms. The Hall–Kier alpha value is -2.99. The molecule has 6 heteroatoms. The van der Waals surface area contributed by atoms with Crippen LogP contribution in [-0.4, -0.2) is 27.3 Å². The van der Waals surface area contributed by atoms with Crippen LogP contribution in [0.3, 0.4) is 0 Å². The Bertz CT molecular complexity index is 987. The number of aromatic nitrogens is 2. The zero-order valence-electron chi connectivity index (χ0n) is 17.3. The molecule has 0 atom stereocenters. The lowest BCUT2D eigenvalue weighted by Crippen LogP contribution is -2.43. The lowest BCUT2D eigenvalue weighted by Gasteiger charge is -2.33. The van der Waals surface area contributed by atoms with Gasteiger partial charge in [0, 0.05) is 23.7 Å². The summed E-state index contributed by atoms with van der Waals surface area (Å²) in [5.41, 5.74) is 4.24. The number of nitrogens with zero attached hydrogens (tertiary/aromatic N) is 2. The van der Waals surface area contributed by atoms with E-state index in [4.69, 9.17) is 9.52 Å². The third kappa shape index (κ3) is 4.76. The molecule has 6 nitrogen and oxygen atoms in total. The Labute approximate surface area is 176 Å². The highest BCUT2D eigenvalue weighted by Gasteiger charge is 2.33. The zero-order valence-corrected chi connectivity index (χ0v) is 17.3. The molecule has 0 aliphatic heterocycles. The van der Waals surface area contributed by atoms with Gasteiger partial charge in [-0.1, -0.05) is 38.1 Å². The van der Waals surface area contributed by atoms with Crippen LogP contribution in [0, 0.1) is 11.8 Å². The molecule has 0 radical (unpaired) electrons. The molecule has 0 amide bonds. The van der Waals surface area contributed by atoms with Crippen LogP contribution >= 0.6 is 0 Å². The van der Waals surface area contributed by atoms with Crippen LogP contribution < -0.4 is 5.32 Å². The largest absolute Gasteiger partial charge is 0.481 e. The minimum atomic E-state index is -0.692. The molecule has 1 aliphatic carbocycles. The second-order valence-corrected chi connectivity index (χ2v) is 8.49. The van der Waals surface area contributed by atoms with Gasteiger partial charge in [0.1, 0.15) is 0 Å². The highest BCUT2D eigenvalue weighted by Crippen LogP contribution is 2.28. The van der Waals surface area contributed by atoms with Crippen molar-refractivity contribution in [1.82, 2.24) is 15.5 Å². The van der Waals surface area contributed by atoms with E-state index >= 15 is 0 Å². The topological polar surface area (TPSA) is 88.2 Å². The molecule has 0 saturated heterocycles. The monoisotopic (exact) mass is 405 g/mol. The van der Waals surface area contributed by atoms with E-state index in [9.17, 15) is 4.79 Å². The van der Waals surface area contributed by atoms with Gasteiger partial charge >= 0.3 is 5.97 Å². The number of benzene rings is 2. The lowest BCUT2D eigenvalue weighted by atomic mass is 9.80. The quantitative estimate of drug-likeness (QED) is 0.571. The van der Waals surface area contributed by atoms with Crippen molar-refractivity contribution in [2.45, 2.75) is 45.7 Å². The van der Waals surface area contributed by atoms with Crippen molar-refractivity contribution < 1.29 is 14.3 Å². The molecule has 156 valence electrons. The number of hydrogen-bond donors (Lipinski definition) is 2. The van der Waals surface area contributed by atoms with Crippen LogP contribution in [0.1, 0.15) is 37.8 Å². The van der Waals surface area contributed by atoms with Gasteiger partial charge in [0.25, 0.3) is 0 Å². The fourth-order valence-electron chi connectivity index (χ4n) is 3.72. The van der Waals surface area contributed by atoms with E-state index in [2.05, 4.69) is 41.5 Å². The number of carboxylic acids is 1. The molecule has 1 aromatic heterocycles. The molecule has 2 aromatic carbocycles. The summed E-state index contributed by atoms with van der Waals surface area (Å²) < 4.78 is 5.88. The van der Waals surface area contributed by atoms with Gasteiger partial charge < -0.3 is 14.8 Å². The van der Waals surface area contributed by atoms with E-state index in [1.165, 1.54) is 5.56 Å². The van der Waals surface area contributed by atoms with Crippen LogP contribution in [0.15, 0.2) is 52.9 Å². The maximum atomic E-state index is 10.9. The summed E-state index contributed by atoms with van der Waals surface area (Å²) in [5, 5.41) is 20.7. The zero-order chi connectivity index (χ0) is 21.1. The minimum absolute atomic E-state index is 0.192. The summed E-state index contributed by atoms with van der Waals surface area (Å²) in [6, 6.07) is 16.6. The highest BCUT2D eigenvalue weighted by molar-refractivity contribution is 5.71. The second-order valence-electron chi connectivity index (χ2n) is 8.49. The first-order chi connectivity index (χ1) is 14.5. The van der Waals surface area contributed by atoms with E-state index < -0.39 is 5.97 Å². The van der Waals surface area contributed by atoms with E-state index in [0.29, 0.717) is 30.5 Å². The Morgan fingerprint density at radius 2 is 1.53 bits per heavy atom. The van der Waals surface area contributed by atoms with Crippen molar-refractivity contribution in [3.8, 4) is 22.9 Å². The predicted octanol–water partition coefficient (Wildman–Crippen LogP) is 4.55. The van der Waals surface area contributed by atoms with E-state index in [1.807, 2.05) is 36.4 Å². The second kappa shape index (κ2) is 8.79. The average molecular weight is 405 g/mol. The number of rotatable bonds is 8. The summed E-state index contributed by atoms with van der Waals surface area (Å²) in [6.07, 6.45) is 2.46. The van der Waals surface area contributed by atoms with Crippen LogP contribution in [0.5, 0.6) is 0 Å². The van der Waals surface area contributed by atoms with Gasteiger partial charge in [-0.3, -0.25) is 4.79 Å². The summed E-state index contributed by atoms with van der Waals surface area (Å²) in [6.45, 7) is 5.14. The van der Waals surface area contributed by atoms with Gasteiger partial charge in [-0.05, 0) is 60.6 Å². The number of carboxylic acid groups (broad SMARTS) is 1. The summed E-state index contributed by atoms with van der Waals surface area (Å²) in [4.78, 5) is 10.9. The van der Waals surface area contributed by atoms with Crippen molar-refractivity contribution in [1.29, 1.82) is 0 Å². The number of hydrogen-bond acceptors (Lipinski definition) is 5. The van der Waals surface area contributed by atoms with Crippen molar-refractivity contribution in [3.05, 3.63) is 59.7 Å². The van der Waals surface area contributed by atoms with Crippen molar-refractivity contribution in [2.24, 2.45) is 11.8 Å². The predicted molar refractivity (Wildman–Crippen MR) is 115 cm³/mol. The lowest BCUT2D eigenvalue weighted by molar-refractivity contribution is -0.145. The SMILES string of the molecule is CC(C)Cc1ccc(-c2nnc(-c3ccc(CNC4CC(C(=O)O)C4)cc3)o2)cc1. The van der Waals surface area contributed by atoms with Gasteiger partial charge in [0.05, 0.1) is 5.92 Å². The Kier molecular flexibility index (Phi) is 5.95. The third-order valence-corrected chi connectivity index (χ3v) is 5.55. The minimum Gasteiger partial charge on any atom is -0.481 e. The molecule has 1 saturated carbocycles. The van der Waals surface area contributed by atoms with E-state index in [0.717, 1.165) is 29.7 Å². The molecule has 1 heterocycles. The Morgan fingerprint density at radius 3 is 2.03 bits per heavy atom. The number of aliphatic carboxylic acids is 1. The Morgan fingerprint density at radius 1 is 1.00 bits per heavy atom. The highest BCUT2D eigenvalue weighted by atomic mass is 16.4. The van der Waals surface area contributed by atoms with Crippen LogP contribution in [-0.2, 0) is 17.8 Å². The van der Waals surface area contributed by atoms with Gasteiger partial charge in [-0.2, -0.15) is 0 Å². The van der Waals surface area contributed by atoms with Gasteiger partial charge in [-0.25, -0.2) is 0 Å². The fourth-order valence-corrected chi connectivity index (χ4v) is 3.72. The average Bonchev–Trinajstić information content (AvgIpc) is 3.17. The Balaban J connectivity index is 1.35. The third-order valence-electron chi connectivity index (χ3n) is 5.55. The van der Waals surface area contributed by atoms with Crippen LogP contribution in [0.25, 0.3) is 22.9 Å². The smallest absolute Gasteiger partial charge is 0.306 e. The van der Waals surface area contributed by atoms with Crippen molar-refractivity contribution in [2.75, 3.05) is 0 Å². The summed E-state index contributed by atoms with van der Waals surface area (Å²) >= 11 is 0.